The van der Waals surface area contributed by atoms with Gasteiger partial charge in [0.25, 0.3) is 5.91 Å². The number of ether oxygens (including phenoxy) is 1. The number of aryl methyl sites for hydroxylation is 1. The van der Waals surface area contributed by atoms with Crippen molar-refractivity contribution in [1.82, 2.24) is 9.80 Å². The zero-order valence-corrected chi connectivity index (χ0v) is 20.4. The number of benzene rings is 2. The summed E-state index contributed by atoms with van der Waals surface area (Å²) >= 11 is 0. The van der Waals surface area contributed by atoms with E-state index in [1.807, 2.05) is 25.1 Å². The van der Waals surface area contributed by atoms with Crippen LogP contribution in [0.1, 0.15) is 60.1 Å². The molecule has 2 fully saturated rings. The Hall–Kier alpha value is -3.22. The third kappa shape index (κ3) is 5.72. The molecule has 0 bridgehead atoms. The SMILES string of the molecule is CCOC(=O)[C@@H]1CCCN(C(=O)[C@H]2CC[C@H](c3cccc(C)c3)N(C(=O)c3ccc(F)cc3)C2)C1. The topological polar surface area (TPSA) is 66.9 Å². The van der Waals surface area contributed by atoms with Crippen molar-refractivity contribution in [2.75, 3.05) is 26.2 Å². The minimum atomic E-state index is -0.398. The van der Waals surface area contributed by atoms with E-state index in [1.54, 1.807) is 16.7 Å². The summed E-state index contributed by atoms with van der Waals surface area (Å²) < 4.78 is 18.7. The third-order valence-corrected chi connectivity index (χ3v) is 7.06. The lowest BCUT2D eigenvalue weighted by Crippen LogP contribution is -2.50. The van der Waals surface area contributed by atoms with Crippen LogP contribution in [0.4, 0.5) is 4.39 Å². The predicted molar refractivity (Wildman–Crippen MR) is 130 cm³/mol. The van der Waals surface area contributed by atoms with Crippen LogP contribution in [0.5, 0.6) is 0 Å². The Balaban J connectivity index is 1.55. The van der Waals surface area contributed by atoms with Gasteiger partial charge in [-0.2, -0.15) is 0 Å². The van der Waals surface area contributed by atoms with Crippen molar-refractivity contribution in [2.24, 2.45) is 11.8 Å². The van der Waals surface area contributed by atoms with E-state index in [0.717, 1.165) is 24.0 Å². The molecule has 0 spiro atoms. The minimum Gasteiger partial charge on any atom is -0.466 e. The molecular formula is C28H33FN2O4. The standard InChI is InChI=1S/C28H33FN2O4/c1-3-35-28(34)23-8-5-15-30(17-23)26(32)22-11-14-25(21-7-4-6-19(2)16-21)31(18-22)27(33)20-9-12-24(29)13-10-20/h4,6-7,9-10,12-13,16,22-23,25H,3,5,8,11,14-15,17-18H2,1-2H3/t22-,23+,25+/m0/s1. The summed E-state index contributed by atoms with van der Waals surface area (Å²) in [4.78, 5) is 42.9. The van der Waals surface area contributed by atoms with Crippen LogP contribution in [0.15, 0.2) is 48.5 Å². The molecule has 2 aromatic rings. The molecule has 2 aromatic carbocycles. The number of carbonyl (C=O) groups is 3. The highest BCUT2D eigenvalue weighted by Gasteiger charge is 2.39. The fraction of sp³-hybridized carbons (Fsp3) is 0.464. The maximum atomic E-state index is 13.6. The van der Waals surface area contributed by atoms with Gasteiger partial charge in [-0.05, 0) is 69.4 Å². The van der Waals surface area contributed by atoms with Gasteiger partial charge in [0.1, 0.15) is 5.82 Å². The molecule has 0 N–H and O–H groups in total. The zero-order valence-electron chi connectivity index (χ0n) is 20.4. The Morgan fingerprint density at radius 3 is 2.49 bits per heavy atom. The number of halogens is 1. The van der Waals surface area contributed by atoms with Crippen molar-refractivity contribution < 1.29 is 23.5 Å². The van der Waals surface area contributed by atoms with Gasteiger partial charge in [0, 0.05) is 25.2 Å². The zero-order chi connectivity index (χ0) is 24.9. The van der Waals surface area contributed by atoms with Crippen molar-refractivity contribution in [3.8, 4) is 0 Å². The fourth-order valence-corrected chi connectivity index (χ4v) is 5.27. The van der Waals surface area contributed by atoms with Gasteiger partial charge in [-0.3, -0.25) is 14.4 Å². The first-order chi connectivity index (χ1) is 16.9. The van der Waals surface area contributed by atoms with Crippen LogP contribution in [0.25, 0.3) is 0 Å². The monoisotopic (exact) mass is 480 g/mol. The molecule has 4 rings (SSSR count). The Morgan fingerprint density at radius 1 is 1.00 bits per heavy atom. The van der Waals surface area contributed by atoms with Crippen LogP contribution < -0.4 is 0 Å². The number of esters is 1. The average molecular weight is 481 g/mol. The summed E-state index contributed by atoms with van der Waals surface area (Å²) in [6, 6.07) is 13.5. The Kier molecular flexibility index (Phi) is 7.83. The molecule has 2 amide bonds. The largest absolute Gasteiger partial charge is 0.466 e. The van der Waals surface area contributed by atoms with Gasteiger partial charge < -0.3 is 14.5 Å². The van der Waals surface area contributed by atoms with Crippen molar-refractivity contribution in [3.05, 3.63) is 71.0 Å². The van der Waals surface area contributed by atoms with Crippen LogP contribution in [0.2, 0.25) is 0 Å². The molecule has 0 saturated carbocycles. The number of rotatable bonds is 5. The van der Waals surface area contributed by atoms with Gasteiger partial charge in [-0.25, -0.2) is 4.39 Å². The Morgan fingerprint density at radius 2 is 1.77 bits per heavy atom. The van der Waals surface area contributed by atoms with Gasteiger partial charge in [0.15, 0.2) is 0 Å². The molecular weight excluding hydrogens is 447 g/mol. The number of likely N-dealkylation sites (tertiary alicyclic amines) is 2. The summed E-state index contributed by atoms with van der Waals surface area (Å²) in [7, 11) is 0. The molecule has 35 heavy (non-hydrogen) atoms. The second-order valence-corrected chi connectivity index (χ2v) is 9.54. The Bertz CT molecular complexity index is 1070. The maximum absolute atomic E-state index is 13.6. The second-order valence-electron chi connectivity index (χ2n) is 9.54. The first kappa shape index (κ1) is 24.9. The van der Waals surface area contributed by atoms with Gasteiger partial charge in [-0.1, -0.05) is 29.8 Å². The van der Waals surface area contributed by atoms with E-state index >= 15 is 0 Å². The van der Waals surface area contributed by atoms with Crippen molar-refractivity contribution in [3.63, 3.8) is 0 Å². The van der Waals surface area contributed by atoms with E-state index in [-0.39, 0.29) is 42.2 Å². The average Bonchev–Trinajstić information content (AvgIpc) is 2.88. The number of nitrogens with zero attached hydrogens (tertiary/aromatic N) is 2. The van der Waals surface area contributed by atoms with Crippen molar-refractivity contribution in [1.29, 1.82) is 0 Å². The van der Waals surface area contributed by atoms with Crippen molar-refractivity contribution >= 4 is 17.8 Å². The molecule has 186 valence electrons. The molecule has 0 unspecified atom stereocenters. The highest BCUT2D eigenvalue weighted by Crippen LogP contribution is 2.36. The number of hydrogen-bond acceptors (Lipinski definition) is 4. The van der Waals surface area contributed by atoms with Gasteiger partial charge >= 0.3 is 5.97 Å². The fourth-order valence-electron chi connectivity index (χ4n) is 5.27. The second kappa shape index (κ2) is 11.0. The number of piperidine rings is 2. The molecule has 2 aliphatic rings. The van der Waals surface area contributed by atoms with E-state index < -0.39 is 5.82 Å². The highest BCUT2D eigenvalue weighted by atomic mass is 19.1. The lowest BCUT2D eigenvalue weighted by Gasteiger charge is -2.42. The number of carbonyl (C=O) groups excluding carboxylic acids is 3. The van der Waals surface area contributed by atoms with Crippen LogP contribution in [0, 0.1) is 24.6 Å². The maximum Gasteiger partial charge on any atom is 0.310 e. The molecule has 0 aromatic heterocycles. The van der Waals surface area contributed by atoms with Crippen molar-refractivity contribution in [2.45, 2.75) is 45.6 Å². The molecule has 2 saturated heterocycles. The smallest absolute Gasteiger partial charge is 0.310 e. The molecule has 6 nitrogen and oxygen atoms in total. The molecule has 7 heteroatoms. The van der Waals surface area contributed by atoms with Crippen LogP contribution in [-0.4, -0.2) is 53.8 Å². The summed E-state index contributed by atoms with van der Waals surface area (Å²) in [5.74, 6) is -1.52. The van der Waals surface area contributed by atoms with Crippen LogP contribution >= 0.6 is 0 Å². The molecule has 2 heterocycles. The number of amides is 2. The summed E-state index contributed by atoms with van der Waals surface area (Å²) in [6.45, 7) is 5.38. The van der Waals surface area contributed by atoms with Crippen LogP contribution in [-0.2, 0) is 14.3 Å². The van der Waals surface area contributed by atoms with Crippen LogP contribution in [0.3, 0.4) is 0 Å². The third-order valence-electron chi connectivity index (χ3n) is 7.06. The van der Waals surface area contributed by atoms with E-state index in [9.17, 15) is 18.8 Å². The lowest BCUT2D eigenvalue weighted by atomic mass is 9.86. The highest BCUT2D eigenvalue weighted by molar-refractivity contribution is 5.95. The first-order valence-corrected chi connectivity index (χ1v) is 12.5. The quantitative estimate of drug-likeness (QED) is 0.590. The normalized spacial score (nSPS) is 22.5. The summed E-state index contributed by atoms with van der Waals surface area (Å²) in [5.41, 5.74) is 2.54. The van der Waals surface area contributed by atoms with Gasteiger partial charge in [0.05, 0.1) is 24.5 Å². The van der Waals surface area contributed by atoms with Gasteiger partial charge in [0.2, 0.25) is 5.91 Å². The summed E-state index contributed by atoms with van der Waals surface area (Å²) in [5, 5.41) is 0. The van der Waals surface area contributed by atoms with E-state index in [0.29, 0.717) is 38.1 Å². The van der Waals surface area contributed by atoms with E-state index in [1.165, 1.54) is 24.3 Å². The predicted octanol–water partition coefficient (Wildman–Crippen LogP) is 4.53. The molecule has 2 aliphatic heterocycles. The number of hydrogen-bond donors (Lipinski definition) is 0. The minimum absolute atomic E-state index is 0.0152. The van der Waals surface area contributed by atoms with E-state index in [4.69, 9.17) is 4.74 Å². The molecule has 0 aliphatic carbocycles. The summed E-state index contributed by atoms with van der Waals surface area (Å²) in [6.07, 6.45) is 2.79. The molecule has 3 atom stereocenters. The van der Waals surface area contributed by atoms with E-state index in [2.05, 4.69) is 6.07 Å². The van der Waals surface area contributed by atoms with Gasteiger partial charge in [-0.15, -0.1) is 0 Å². The Labute approximate surface area is 206 Å². The first-order valence-electron chi connectivity index (χ1n) is 12.5. The lowest BCUT2D eigenvalue weighted by molar-refractivity contribution is -0.152. The molecule has 0 radical (unpaired) electrons.